The first-order chi connectivity index (χ1) is 6.74. The molecule has 1 aromatic carbocycles. The van der Waals surface area contributed by atoms with E-state index in [1.54, 1.807) is 11.3 Å². The minimum atomic E-state index is 0.461. The zero-order chi connectivity index (χ0) is 10.1. The fourth-order valence-electron chi connectivity index (χ4n) is 1.34. The van der Waals surface area contributed by atoms with Gasteiger partial charge in [-0.05, 0) is 61.6 Å². The highest BCUT2D eigenvalue weighted by Crippen LogP contribution is 2.35. The SMILES string of the molecule is N#CCc1cc(I)c2sccc2c1Br. The maximum Gasteiger partial charge on any atom is 0.0670 e. The lowest BCUT2D eigenvalue weighted by molar-refractivity contribution is 1.25. The molecule has 70 valence electrons. The van der Waals surface area contributed by atoms with Crippen molar-refractivity contribution in [2.45, 2.75) is 6.42 Å². The second-order valence-corrected chi connectivity index (χ2v) is 5.70. The minimum absolute atomic E-state index is 0.461. The van der Waals surface area contributed by atoms with Crippen LogP contribution in [0.15, 0.2) is 22.0 Å². The first-order valence-electron chi connectivity index (χ1n) is 3.95. The highest BCUT2D eigenvalue weighted by atomic mass is 127. The lowest BCUT2D eigenvalue weighted by Gasteiger charge is -2.03. The zero-order valence-corrected chi connectivity index (χ0v) is 11.6. The van der Waals surface area contributed by atoms with Gasteiger partial charge < -0.3 is 0 Å². The zero-order valence-electron chi connectivity index (χ0n) is 7.05. The van der Waals surface area contributed by atoms with E-state index in [9.17, 15) is 0 Å². The van der Waals surface area contributed by atoms with E-state index in [0.29, 0.717) is 6.42 Å². The van der Waals surface area contributed by atoms with Gasteiger partial charge in [0.2, 0.25) is 0 Å². The largest absolute Gasteiger partial charge is 0.198 e. The van der Waals surface area contributed by atoms with Gasteiger partial charge in [-0.2, -0.15) is 5.26 Å². The summed E-state index contributed by atoms with van der Waals surface area (Å²) >= 11 is 7.60. The van der Waals surface area contributed by atoms with Crippen molar-refractivity contribution in [1.82, 2.24) is 0 Å². The van der Waals surface area contributed by atoms with Crippen molar-refractivity contribution >= 4 is 59.9 Å². The molecule has 1 nitrogen and oxygen atoms in total. The highest BCUT2D eigenvalue weighted by Gasteiger charge is 2.09. The van der Waals surface area contributed by atoms with Crippen LogP contribution in [0.25, 0.3) is 10.1 Å². The molecule has 0 fully saturated rings. The van der Waals surface area contributed by atoms with Gasteiger partial charge in [0.25, 0.3) is 0 Å². The summed E-state index contributed by atoms with van der Waals surface area (Å²) in [5.41, 5.74) is 1.07. The summed E-state index contributed by atoms with van der Waals surface area (Å²) in [6.45, 7) is 0. The van der Waals surface area contributed by atoms with Crippen LogP contribution in [0.2, 0.25) is 0 Å². The summed E-state index contributed by atoms with van der Waals surface area (Å²) in [7, 11) is 0. The highest BCUT2D eigenvalue weighted by molar-refractivity contribution is 14.1. The molecule has 0 saturated heterocycles. The van der Waals surface area contributed by atoms with Crippen LogP contribution in [0.3, 0.4) is 0 Å². The second-order valence-electron chi connectivity index (χ2n) is 2.83. The molecule has 0 radical (unpaired) electrons. The van der Waals surface area contributed by atoms with Crippen LogP contribution in [-0.4, -0.2) is 0 Å². The maximum absolute atomic E-state index is 8.69. The molecule has 0 atom stereocenters. The summed E-state index contributed by atoms with van der Waals surface area (Å²) in [5, 5.41) is 12.0. The third-order valence-corrected chi connectivity index (χ3v) is 5.07. The summed E-state index contributed by atoms with van der Waals surface area (Å²) < 4.78 is 3.58. The maximum atomic E-state index is 8.69. The molecule has 1 heterocycles. The predicted octanol–water partition coefficient (Wildman–Crippen LogP) is 4.33. The molecule has 0 bridgehead atoms. The van der Waals surface area contributed by atoms with E-state index in [0.717, 1.165) is 10.0 Å². The van der Waals surface area contributed by atoms with Gasteiger partial charge in [-0.1, -0.05) is 0 Å². The number of hydrogen-bond donors (Lipinski definition) is 0. The quantitative estimate of drug-likeness (QED) is 0.678. The Morgan fingerprint density at radius 3 is 3.07 bits per heavy atom. The third kappa shape index (κ3) is 1.69. The number of nitriles is 1. The number of nitrogens with zero attached hydrogens (tertiary/aromatic N) is 1. The molecule has 0 amide bonds. The van der Waals surface area contributed by atoms with Crippen LogP contribution in [0.4, 0.5) is 0 Å². The Bertz CT molecular complexity index is 527. The predicted molar refractivity (Wildman–Crippen MR) is 71.6 cm³/mol. The van der Waals surface area contributed by atoms with Gasteiger partial charge in [0.1, 0.15) is 0 Å². The van der Waals surface area contributed by atoms with Crippen LogP contribution in [0.5, 0.6) is 0 Å². The smallest absolute Gasteiger partial charge is 0.0670 e. The van der Waals surface area contributed by atoms with Crippen molar-refractivity contribution < 1.29 is 0 Å². The standard InChI is InChI=1S/C10H5BrINS/c11-9-6(1-3-13)5-8(12)10-7(9)2-4-14-10/h2,4-5H,1H2. The number of hydrogen-bond acceptors (Lipinski definition) is 2. The lowest BCUT2D eigenvalue weighted by Crippen LogP contribution is -1.86. The van der Waals surface area contributed by atoms with Gasteiger partial charge >= 0.3 is 0 Å². The molecule has 4 heteroatoms. The summed E-state index contributed by atoms with van der Waals surface area (Å²) in [6.07, 6.45) is 0.461. The van der Waals surface area contributed by atoms with E-state index in [4.69, 9.17) is 5.26 Å². The molecule has 0 aliphatic carbocycles. The Balaban J connectivity index is 2.76. The normalized spacial score (nSPS) is 10.4. The third-order valence-electron chi connectivity index (χ3n) is 1.97. The van der Waals surface area contributed by atoms with Crippen molar-refractivity contribution in [3.63, 3.8) is 0 Å². The van der Waals surface area contributed by atoms with E-state index in [-0.39, 0.29) is 0 Å². The topological polar surface area (TPSA) is 23.8 Å². The molecule has 0 saturated carbocycles. The molecule has 14 heavy (non-hydrogen) atoms. The van der Waals surface area contributed by atoms with Crippen LogP contribution >= 0.6 is 49.9 Å². The molecular formula is C10H5BrINS. The number of rotatable bonds is 1. The molecule has 0 unspecified atom stereocenters. The molecule has 0 aliphatic rings. The van der Waals surface area contributed by atoms with Crippen LogP contribution < -0.4 is 0 Å². The number of halogens is 2. The van der Waals surface area contributed by atoms with Gasteiger partial charge in [0, 0.05) is 18.1 Å². The van der Waals surface area contributed by atoms with Gasteiger partial charge in [-0.15, -0.1) is 11.3 Å². The van der Waals surface area contributed by atoms with Gasteiger partial charge in [-0.25, -0.2) is 0 Å². The molecule has 0 N–H and O–H groups in total. The monoisotopic (exact) mass is 377 g/mol. The molecule has 0 aliphatic heterocycles. The molecule has 1 aromatic heterocycles. The summed E-state index contributed by atoms with van der Waals surface area (Å²) in [5.74, 6) is 0. The number of thiophene rings is 1. The van der Waals surface area contributed by atoms with E-state index in [1.807, 2.05) is 0 Å². The van der Waals surface area contributed by atoms with Crippen molar-refractivity contribution in [2.24, 2.45) is 0 Å². The first kappa shape index (κ1) is 10.4. The van der Waals surface area contributed by atoms with E-state index >= 15 is 0 Å². The fraction of sp³-hybridized carbons (Fsp3) is 0.100. The van der Waals surface area contributed by atoms with Gasteiger partial charge in [0.15, 0.2) is 0 Å². The second kappa shape index (κ2) is 4.17. The summed E-state index contributed by atoms with van der Waals surface area (Å²) in [4.78, 5) is 0. The van der Waals surface area contributed by atoms with Crippen molar-refractivity contribution in [3.8, 4) is 6.07 Å². The average molecular weight is 378 g/mol. The van der Waals surface area contributed by atoms with E-state index in [1.165, 1.54) is 13.7 Å². The Hall–Kier alpha value is -0.120. The summed E-state index contributed by atoms with van der Waals surface area (Å²) in [6, 6.07) is 6.35. The Morgan fingerprint density at radius 2 is 2.36 bits per heavy atom. The minimum Gasteiger partial charge on any atom is -0.198 e. The van der Waals surface area contributed by atoms with Crippen LogP contribution in [-0.2, 0) is 6.42 Å². The fourth-order valence-corrected chi connectivity index (χ4v) is 3.91. The number of benzene rings is 1. The molecular weight excluding hydrogens is 373 g/mol. The van der Waals surface area contributed by atoms with Crippen molar-refractivity contribution in [3.05, 3.63) is 31.1 Å². The average Bonchev–Trinajstić information content (AvgIpc) is 2.63. The van der Waals surface area contributed by atoms with Gasteiger partial charge in [0.05, 0.1) is 12.5 Å². The number of fused-ring (bicyclic) bond motifs is 1. The van der Waals surface area contributed by atoms with E-state index in [2.05, 4.69) is 62.1 Å². The molecule has 2 aromatic rings. The molecule has 2 rings (SSSR count). The van der Waals surface area contributed by atoms with Crippen molar-refractivity contribution in [2.75, 3.05) is 0 Å². The Morgan fingerprint density at radius 1 is 1.57 bits per heavy atom. The van der Waals surface area contributed by atoms with Crippen LogP contribution in [0, 0.1) is 14.9 Å². The Kier molecular flexibility index (Phi) is 3.10. The lowest BCUT2D eigenvalue weighted by atomic mass is 10.1. The van der Waals surface area contributed by atoms with Crippen molar-refractivity contribution in [1.29, 1.82) is 5.26 Å². The Labute approximate surface area is 108 Å². The first-order valence-corrected chi connectivity index (χ1v) is 6.70. The van der Waals surface area contributed by atoms with Gasteiger partial charge in [-0.3, -0.25) is 0 Å². The molecule has 0 spiro atoms. The van der Waals surface area contributed by atoms with E-state index < -0.39 is 0 Å². The van der Waals surface area contributed by atoms with Crippen LogP contribution in [0.1, 0.15) is 5.56 Å².